The van der Waals surface area contributed by atoms with Crippen molar-refractivity contribution in [1.29, 1.82) is 0 Å². The lowest BCUT2D eigenvalue weighted by Crippen LogP contribution is -2.20. The maximum Gasteiger partial charge on any atom is 0.262 e. The Bertz CT molecular complexity index is 810. The molecule has 128 valence electrons. The topological polar surface area (TPSA) is 69.0 Å². The first-order valence-electron chi connectivity index (χ1n) is 8.09. The molecule has 0 aliphatic heterocycles. The number of benzene rings is 1. The average molecular weight is 336 g/mol. The molecule has 1 aromatic carbocycles. The largest absolute Gasteiger partial charge is 0.484 e. The van der Waals surface area contributed by atoms with Gasteiger partial charge in [-0.05, 0) is 35.7 Å². The van der Waals surface area contributed by atoms with Crippen molar-refractivity contribution >= 4 is 11.6 Å². The van der Waals surface area contributed by atoms with E-state index in [1.165, 1.54) is 5.56 Å². The smallest absolute Gasteiger partial charge is 0.262 e. The van der Waals surface area contributed by atoms with Crippen LogP contribution in [0, 0.1) is 0 Å². The highest BCUT2D eigenvalue weighted by atomic mass is 16.5. The van der Waals surface area contributed by atoms with E-state index in [9.17, 15) is 4.79 Å². The quantitative estimate of drug-likeness (QED) is 0.749. The zero-order chi connectivity index (χ0) is 17.6. The number of pyridine rings is 1. The van der Waals surface area contributed by atoms with Crippen LogP contribution < -0.4 is 10.1 Å². The Hall–Kier alpha value is -3.15. The lowest BCUT2D eigenvalue weighted by atomic mass is 10.0. The van der Waals surface area contributed by atoms with Gasteiger partial charge in [0.2, 0.25) is 0 Å². The second-order valence-electron chi connectivity index (χ2n) is 5.94. The monoisotopic (exact) mass is 336 g/mol. The standard InChI is InChI=1S/C19H20N4O2/c1-14(2)15-3-6-17(7-4-15)25-12-19(24)22-16-5-8-18(21-11-16)23-10-9-20-13-23/h3-11,13-14H,12H2,1-2H3,(H,22,24). The molecular formula is C19H20N4O2. The fourth-order valence-electron chi connectivity index (χ4n) is 2.30. The molecule has 0 saturated carbocycles. The minimum atomic E-state index is -0.231. The van der Waals surface area contributed by atoms with E-state index in [1.54, 1.807) is 35.6 Å². The van der Waals surface area contributed by atoms with Gasteiger partial charge in [-0.1, -0.05) is 26.0 Å². The summed E-state index contributed by atoms with van der Waals surface area (Å²) in [6.07, 6.45) is 6.76. The Morgan fingerprint density at radius 1 is 1.20 bits per heavy atom. The molecule has 2 heterocycles. The van der Waals surface area contributed by atoms with E-state index in [2.05, 4.69) is 29.1 Å². The predicted molar refractivity (Wildman–Crippen MR) is 96.0 cm³/mol. The van der Waals surface area contributed by atoms with E-state index in [0.717, 1.165) is 5.82 Å². The van der Waals surface area contributed by atoms with E-state index in [1.807, 2.05) is 30.3 Å². The van der Waals surface area contributed by atoms with Crippen molar-refractivity contribution in [3.8, 4) is 11.6 Å². The van der Waals surface area contributed by atoms with Crippen LogP contribution in [0.4, 0.5) is 5.69 Å². The second kappa shape index (κ2) is 7.61. The van der Waals surface area contributed by atoms with Gasteiger partial charge in [-0.3, -0.25) is 9.36 Å². The molecule has 0 unspecified atom stereocenters. The van der Waals surface area contributed by atoms with Crippen molar-refractivity contribution in [3.63, 3.8) is 0 Å². The highest BCUT2D eigenvalue weighted by Gasteiger charge is 2.06. The van der Waals surface area contributed by atoms with E-state index >= 15 is 0 Å². The van der Waals surface area contributed by atoms with Crippen LogP contribution in [0.5, 0.6) is 5.75 Å². The fraction of sp³-hybridized carbons (Fsp3) is 0.211. The number of carbonyl (C=O) groups is 1. The van der Waals surface area contributed by atoms with Crippen LogP contribution in [0.25, 0.3) is 5.82 Å². The summed E-state index contributed by atoms with van der Waals surface area (Å²) in [5.41, 5.74) is 1.86. The molecule has 6 heteroatoms. The Labute approximate surface area is 146 Å². The molecule has 3 aromatic rings. The van der Waals surface area contributed by atoms with E-state index in [-0.39, 0.29) is 12.5 Å². The molecule has 0 aliphatic rings. The third-order valence-electron chi connectivity index (χ3n) is 3.72. The molecule has 1 amide bonds. The van der Waals surface area contributed by atoms with E-state index in [0.29, 0.717) is 17.4 Å². The average Bonchev–Trinajstić information content (AvgIpc) is 3.15. The van der Waals surface area contributed by atoms with Gasteiger partial charge in [0.1, 0.15) is 17.9 Å². The molecule has 0 aliphatic carbocycles. The van der Waals surface area contributed by atoms with Crippen molar-refractivity contribution in [2.45, 2.75) is 19.8 Å². The van der Waals surface area contributed by atoms with Crippen LogP contribution in [-0.4, -0.2) is 27.0 Å². The maximum atomic E-state index is 12.0. The summed E-state index contributed by atoms with van der Waals surface area (Å²) in [7, 11) is 0. The zero-order valence-corrected chi connectivity index (χ0v) is 14.2. The van der Waals surface area contributed by atoms with Crippen LogP contribution >= 0.6 is 0 Å². The number of ether oxygens (including phenoxy) is 1. The molecule has 0 saturated heterocycles. The number of hydrogen-bond acceptors (Lipinski definition) is 4. The fourth-order valence-corrected chi connectivity index (χ4v) is 2.30. The van der Waals surface area contributed by atoms with Crippen LogP contribution in [0.3, 0.4) is 0 Å². The number of nitrogens with one attached hydrogen (secondary N) is 1. The van der Waals surface area contributed by atoms with E-state index < -0.39 is 0 Å². The molecular weight excluding hydrogens is 316 g/mol. The van der Waals surface area contributed by atoms with Gasteiger partial charge < -0.3 is 10.1 Å². The number of rotatable bonds is 6. The lowest BCUT2D eigenvalue weighted by Gasteiger charge is -2.09. The number of hydrogen-bond donors (Lipinski definition) is 1. The zero-order valence-electron chi connectivity index (χ0n) is 14.2. The molecule has 3 rings (SSSR count). The summed E-state index contributed by atoms with van der Waals surface area (Å²) in [5.74, 6) is 1.64. The molecule has 0 bridgehead atoms. The maximum absolute atomic E-state index is 12.0. The van der Waals surface area contributed by atoms with Crippen LogP contribution in [0.15, 0.2) is 61.3 Å². The van der Waals surface area contributed by atoms with Gasteiger partial charge in [0.05, 0.1) is 11.9 Å². The molecule has 0 radical (unpaired) electrons. The van der Waals surface area contributed by atoms with Crippen LogP contribution in [0.2, 0.25) is 0 Å². The number of carbonyl (C=O) groups excluding carboxylic acids is 1. The number of aromatic nitrogens is 3. The summed E-state index contributed by atoms with van der Waals surface area (Å²) in [6.45, 7) is 4.22. The molecule has 0 spiro atoms. The summed E-state index contributed by atoms with van der Waals surface area (Å²) in [4.78, 5) is 20.3. The molecule has 1 N–H and O–H groups in total. The molecule has 0 atom stereocenters. The van der Waals surface area contributed by atoms with Crippen molar-refractivity contribution in [1.82, 2.24) is 14.5 Å². The van der Waals surface area contributed by atoms with Gasteiger partial charge in [-0.2, -0.15) is 0 Å². The van der Waals surface area contributed by atoms with Gasteiger partial charge in [0.15, 0.2) is 6.61 Å². The van der Waals surface area contributed by atoms with Crippen LogP contribution in [-0.2, 0) is 4.79 Å². The van der Waals surface area contributed by atoms with Gasteiger partial charge in [0.25, 0.3) is 5.91 Å². The lowest BCUT2D eigenvalue weighted by molar-refractivity contribution is -0.118. The highest BCUT2D eigenvalue weighted by Crippen LogP contribution is 2.18. The number of amides is 1. The van der Waals surface area contributed by atoms with Gasteiger partial charge in [-0.15, -0.1) is 0 Å². The van der Waals surface area contributed by atoms with Crippen molar-refractivity contribution in [2.24, 2.45) is 0 Å². The van der Waals surface area contributed by atoms with Crippen molar-refractivity contribution in [2.75, 3.05) is 11.9 Å². The Kier molecular flexibility index (Phi) is 5.09. The first kappa shape index (κ1) is 16.7. The molecule has 2 aromatic heterocycles. The number of anilines is 1. The third kappa shape index (κ3) is 4.44. The number of imidazole rings is 1. The first-order valence-corrected chi connectivity index (χ1v) is 8.09. The minimum Gasteiger partial charge on any atom is -0.484 e. The summed E-state index contributed by atoms with van der Waals surface area (Å²) >= 11 is 0. The molecule has 6 nitrogen and oxygen atoms in total. The predicted octanol–water partition coefficient (Wildman–Crippen LogP) is 3.41. The normalized spacial score (nSPS) is 10.7. The first-order chi connectivity index (χ1) is 12.1. The summed E-state index contributed by atoms with van der Waals surface area (Å²) in [6, 6.07) is 11.4. The van der Waals surface area contributed by atoms with Gasteiger partial charge in [-0.25, -0.2) is 9.97 Å². The third-order valence-corrected chi connectivity index (χ3v) is 3.72. The highest BCUT2D eigenvalue weighted by molar-refractivity contribution is 5.91. The Morgan fingerprint density at radius 2 is 2.00 bits per heavy atom. The number of nitrogens with zero attached hydrogens (tertiary/aromatic N) is 3. The molecule has 25 heavy (non-hydrogen) atoms. The van der Waals surface area contributed by atoms with Crippen molar-refractivity contribution in [3.05, 3.63) is 66.9 Å². The van der Waals surface area contributed by atoms with Gasteiger partial charge in [0, 0.05) is 12.4 Å². The minimum absolute atomic E-state index is 0.0513. The Balaban J connectivity index is 1.52. The SMILES string of the molecule is CC(C)c1ccc(OCC(=O)Nc2ccc(-n3ccnc3)nc2)cc1. The summed E-state index contributed by atoms with van der Waals surface area (Å²) < 4.78 is 7.30. The summed E-state index contributed by atoms with van der Waals surface area (Å²) in [5, 5.41) is 2.76. The van der Waals surface area contributed by atoms with E-state index in [4.69, 9.17) is 4.74 Å². The second-order valence-corrected chi connectivity index (χ2v) is 5.94. The molecule has 0 fully saturated rings. The Morgan fingerprint density at radius 3 is 2.60 bits per heavy atom. The van der Waals surface area contributed by atoms with Crippen LogP contribution in [0.1, 0.15) is 25.3 Å². The van der Waals surface area contributed by atoms with Gasteiger partial charge >= 0.3 is 0 Å². The van der Waals surface area contributed by atoms with Crippen molar-refractivity contribution < 1.29 is 9.53 Å².